The van der Waals surface area contributed by atoms with Crippen LogP contribution in [0.5, 0.6) is 0 Å². The molecule has 1 radical (unpaired) electrons. The molecule has 0 amide bonds. The maximum absolute atomic E-state index is 3.33. The third-order valence-corrected chi connectivity index (χ3v) is 4.49. The fraction of sp³-hybridized carbons (Fsp3) is 0.667. The van der Waals surface area contributed by atoms with Crippen LogP contribution in [0.2, 0.25) is 0 Å². The van der Waals surface area contributed by atoms with Crippen molar-refractivity contribution in [2.24, 2.45) is 0 Å². The van der Waals surface area contributed by atoms with Crippen molar-refractivity contribution in [3.63, 3.8) is 0 Å². The van der Waals surface area contributed by atoms with Crippen LogP contribution < -0.4 is 4.46 Å². The third kappa shape index (κ3) is 3.86. The van der Waals surface area contributed by atoms with E-state index in [4.69, 9.17) is 0 Å². The number of rotatable bonds is 0. The van der Waals surface area contributed by atoms with E-state index < -0.39 is 0 Å². The molecule has 0 fully saturated rings. The quantitative estimate of drug-likeness (QED) is 0.622. The average molecular weight is 324 g/mol. The molecular weight excluding hydrogens is 295 g/mol. The van der Waals surface area contributed by atoms with Crippen molar-refractivity contribution in [3.8, 4) is 0 Å². The average Bonchev–Trinajstić information content (AvgIpc) is 2.11. The van der Waals surface area contributed by atoms with E-state index in [1.807, 2.05) is 0 Å². The minimum atomic E-state index is 0.168. The first-order valence-electron chi connectivity index (χ1n) is 7.11. The Hall–Kier alpha value is -0.261. The summed E-state index contributed by atoms with van der Waals surface area (Å²) in [4.78, 5) is 0. The maximum atomic E-state index is 3.33. The van der Waals surface area contributed by atoms with Gasteiger partial charge in [0.1, 0.15) is 0 Å². The minimum absolute atomic E-state index is 0.168. The van der Waals surface area contributed by atoms with Crippen molar-refractivity contribution in [3.05, 3.63) is 28.8 Å². The van der Waals surface area contributed by atoms with Crippen molar-refractivity contribution in [2.75, 3.05) is 0 Å². The number of hydrogen-bond donors (Lipinski definition) is 0. The Balaban J connectivity index is 3.68. The van der Waals surface area contributed by atoms with Crippen molar-refractivity contribution in [1.82, 2.24) is 0 Å². The summed E-state index contributed by atoms with van der Waals surface area (Å²) in [5.74, 6) is 0. The predicted octanol–water partition coefficient (Wildman–Crippen LogP) is 4.37. The van der Waals surface area contributed by atoms with Gasteiger partial charge in [0.05, 0.1) is 0 Å². The molecule has 1 heteroatoms. The van der Waals surface area contributed by atoms with Gasteiger partial charge in [-0.05, 0) is 0 Å². The molecule has 0 bridgehead atoms. The Bertz CT molecular complexity index is 427. The molecule has 0 aliphatic rings. The molecule has 0 N–H and O–H groups in total. The normalized spacial score (nSPS) is 13.7. The van der Waals surface area contributed by atoms with Gasteiger partial charge in [0, 0.05) is 0 Å². The van der Waals surface area contributed by atoms with E-state index in [-0.39, 0.29) is 16.2 Å². The molecule has 0 aliphatic carbocycles. The van der Waals surface area contributed by atoms with E-state index >= 15 is 0 Å². The first-order valence-corrected chi connectivity index (χ1v) is 7.97. The Labute approximate surface area is 128 Å². The molecule has 1 aromatic carbocycles. The van der Waals surface area contributed by atoms with Crippen LogP contribution in [0.15, 0.2) is 12.1 Å². The fourth-order valence-electron chi connectivity index (χ4n) is 2.18. The van der Waals surface area contributed by atoms with E-state index in [0.717, 1.165) is 0 Å². The third-order valence-electron chi connectivity index (χ3n) is 3.57. The summed E-state index contributed by atoms with van der Waals surface area (Å²) in [6.07, 6.45) is 0. The van der Waals surface area contributed by atoms with Crippen LogP contribution in [0.25, 0.3) is 0 Å². The van der Waals surface area contributed by atoms with Gasteiger partial charge in [-0.25, -0.2) is 0 Å². The second kappa shape index (κ2) is 4.93. The summed E-state index contributed by atoms with van der Waals surface area (Å²) in [5, 5.41) is 0. The number of hydrogen-bond acceptors (Lipinski definition) is 0. The van der Waals surface area contributed by atoms with Gasteiger partial charge in [0.2, 0.25) is 0 Å². The second-order valence-electron chi connectivity index (χ2n) is 8.65. The molecule has 0 heterocycles. The van der Waals surface area contributed by atoms with Crippen LogP contribution >= 0.6 is 0 Å². The summed E-state index contributed by atoms with van der Waals surface area (Å²) in [6.45, 7) is 20.6. The van der Waals surface area contributed by atoms with Crippen LogP contribution in [-0.4, -0.2) is 16.0 Å². The first kappa shape index (κ1) is 16.8. The van der Waals surface area contributed by atoms with Gasteiger partial charge in [-0.2, -0.15) is 0 Å². The monoisotopic (exact) mass is 325 g/mol. The van der Waals surface area contributed by atoms with E-state index in [0.29, 0.717) is 0 Å². The molecule has 19 heavy (non-hydrogen) atoms. The standard InChI is InChI=1S/C18H29Se/c1-16(2,3)12-10-13(17(4,5)6)15(19)14(11-12)18(7,8)9/h10-11H,1-9H3. The zero-order valence-electron chi connectivity index (χ0n) is 14.1. The van der Waals surface area contributed by atoms with Crippen LogP contribution in [0.1, 0.15) is 79.0 Å². The van der Waals surface area contributed by atoms with Crippen molar-refractivity contribution in [1.29, 1.82) is 0 Å². The molecule has 0 aromatic heterocycles. The molecule has 0 nitrogen and oxygen atoms in total. The van der Waals surface area contributed by atoms with Gasteiger partial charge in [-0.15, -0.1) is 0 Å². The van der Waals surface area contributed by atoms with Crippen LogP contribution in [0.4, 0.5) is 0 Å². The Kier molecular flexibility index (Phi) is 4.36. The molecule has 1 aromatic rings. The zero-order chi connectivity index (χ0) is 15.2. The molecule has 0 saturated carbocycles. The molecule has 0 unspecified atom stereocenters. The van der Waals surface area contributed by atoms with Crippen LogP contribution in [0, 0.1) is 0 Å². The zero-order valence-corrected chi connectivity index (χ0v) is 15.8. The van der Waals surface area contributed by atoms with Gasteiger partial charge < -0.3 is 0 Å². The first-order chi connectivity index (χ1) is 8.24. The van der Waals surface area contributed by atoms with E-state index in [1.165, 1.54) is 21.2 Å². The van der Waals surface area contributed by atoms with Crippen LogP contribution in [-0.2, 0) is 16.2 Å². The van der Waals surface area contributed by atoms with Crippen molar-refractivity contribution in [2.45, 2.75) is 78.6 Å². The van der Waals surface area contributed by atoms with Gasteiger partial charge in [-0.3, -0.25) is 0 Å². The predicted molar refractivity (Wildman–Crippen MR) is 87.9 cm³/mol. The second-order valence-corrected chi connectivity index (χ2v) is 9.51. The topological polar surface area (TPSA) is 0 Å². The molecule has 0 aliphatic heterocycles. The van der Waals surface area contributed by atoms with Gasteiger partial charge >= 0.3 is 128 Å². The van der Waals surface area contributed by atoms with Crippen molar-refractivity contribution < 1.29 is 0 Å². The van der Waals surface area contributed by atoms with Gasteiger partial charge in [-0.1, -0.05) is 0 Å². The summed E-state index contributed by atoms with van der Waals surface area (Å²) in [7, 11) is 0. The molecular formula is C18H29Se. The molecule has 0 atom stereocenters. The van der Waals surface area contributed by atoms with Crippen molar-refractivity contribution >= 4 is 20.5 Å². The summed E-state index contributed by atoms with van der Waals surface area (Å²) >= 11 is 3.33. The van der Waals surface area contributed by atoms with E-state index in [9.17, 15) is 0 Å². The molecule has 0 spiro atoms. The fourth-order valence-corrected chi connectivity index (χ4v) is 3.71. The Morgan fingerprint density at radius 2 is 0.947 bits per heavy atom. The molecule has 107 valence electrons. The number of benzene rings is 1. The van der Waals surface area contributed by atoms with E-state index in [1.54, 1.807) is 0 Å². The summed E-state index contributed by atoms with van der Waals surface area (Å²) in [6, 6.07) is 4.78. The molecule has 1 rings (SSSR count). The Morgan fingerprint density at radius 1 is 0.632 bits per heavy atom. The SMILES string of the molecule is CC(C)(C)c1cc(C(C)(C)C)c([Se])c(C(C)(C)C)c1. The summed E-state index contributed by atoms with van der Waals surface area (Å²) in [5.41, 5.74) is 4.83. The van der Waals surface area contributed by atoms with Gasteiger partial charge in [0.25, 0.3) is 0 Å². The Morgan fingerprint density at radius 3 is 1.16 bits per heavy atom. The van der Waals surface area contributed by atoms with Crippen LogP contribution in [0.3, 0.4) is 0 Å². The summed E-state index contributed by atoms with van der Waals surface area (Å²) < 4.78 is 1.34. The van der Waals surface area contributed by atoms with E-state index in [2.05, 4.69) is 90.5 Å². The van der Waals surface area contributed by atoms with Gasteiger partial charge in [0.15, 0.2) is 0 Å². The molecule has 0 saturated heterocycles.